The number of amides is 1. The van der Waals surface area contributed by atoms with Crippen molar-refractivity contribution in [3.05, 3.63) is 35.9 Å². The summed E-state index contributed by atoms with van der Waals surface area (Å²) in [7, 11) is -2.69. The van der Waals surface area contributed by atoms with Gasteiger partial charge in [-0.15, -0.1) is 0 Å². The Morgan fingerprint density at radius 2 is 2.00 bits per heavy atom. The normalized spacial score (nSPS) is 11.6. The van der Waals surface area contributed by atoms with E-state index in [2.05, 4.69) is 4.36 Å². The number of hydroxylamine groups is 1. The average Bonchev–Trinajstić information content (AvgIpc) is 2.28. The average molecular weight is 242 g/mol. The Bertz CT molecular complexity index is 475. The van der Waals surface area contributed by atoms with Crippen LogP contribution >= 0.6 is 0 Å². The fraction of sp³-hybridized carbons (Fsp3) is 0.222. The predicted molar refractivity (Wildman–Crippen MR) is 55.2 cm³/mol. The van der Waals surface area contributed by atoms with Crippen molar-refractivity contribution in [3.8, 4) is 0 Å². The molecule has 6 nitrogen and oxygen atoms in total. The molecule has 0 radical (unpaired) electrons. The summed E-state index contributed by atoms with van der Waals surface area (Å²) in [5.41, 5.74) is 2.14. The van der Waals surface area contributed by atoms with Gasteiger partial charge in [-0.1, -0.05) is 30.3 Å². The molecule has 0 aromatic heterocycles. The summed E-state index contributed by atoms with van der Waals surface area (Å²) in [6, 6.07) is 7.65. The lowest BCUT2D eigenvalue weighted by Gasteiger charge is -2.07. The third-order valence-electron chi connectivity index (χ3n) is 1.90. The predicted octanol–water partition coefficient (Wildman–Crippen LogP) is 0.166. The first kappa shape index (κ1) is 12.3. The number of hydrogen-bond donors (Lipinski definition) is 2. The van der Waals surface area contributed by atoms with Crippen molar-refractivity contribution in [1.29, 1.82) is 0 Å². The fourth-order valence-electron chi connectivity index (χ4n) is 1.19. The molecule has 0 fully saturated rings. The largest absolute Gasteiger partial charge is 0.311 e. The van der Waals surface area contributed by atoms with E-state index in [1.807, 2.05) is 0 Å². The first-order valence-corrected chi connectivity index (χ1v) is 5.44. The Labute approximate surface area is 93.6 Å². The standard InChI is InChI=1S/C9H10N2O4S/c12-9(10-13)8(11-16(14)15)6-7-4-2-1-3-5-7/h1-5,8,13H,6H2,(H,10,12)/t8-/m0/s1. The van der Waals surface area contributed by atoms with E-state index in [1.165, 1.54) is 5.48 Å². The molecule has 7 heteroatoms. The highest BCUT2D eigenvalue weighted by Crippen LogP contribution is 2.05. The minimum atomic E-state index is -2.69. The highest BCUT2D eigenvalue weighted by Gasteiger charge is 2.17. The van der Waals surface area contributed by atoms with Crippen molar-refractivity contribution in [1.82, 2.24) is 5.48 Å². The van der Waals surface area contributed by atoms with E-state index in [0.29, 0.717) is 0 Å². The van der Waals surface area contributed by atoms with Gasteiger partial charge in [-0.2, -0.15) is 12.8 Å². The van der Waals surface area contributed by atoms with Crippen LogP contribution in [0.1, 0.15) is 5.56 Å². The number of rotatable bonds is 4. The maximum atomic E-state index is 11.1. The van der Waals surface area contributed by atoms with E-state index in [1.54, 1.807) is 30.3 Å². The molecular formula is C9H10N2O4S. The molecule has 0 saturated heterocycles. The molecule has 0 saturated carbocycles. The van der Waals surface area contributed by atoms with Crippen LogP contribution in [-0.4, -0.2) is 25.6 Å². The van der Waals surface area contributed by atoms with Crippen LogP contribution in [0.2, 0.25) is 0 Å². The van der Waals surface area contributed by atoms with Gasteiger partial charge in [0.2, 0.25) is 0 Å². The second-order valence-electron chi connectivity index (χ2n) is 3.00. The van der Waals surface area contributed by atoms with Gasteiger partial charge in [0.05, 0.1) is 0 Å². The zero-order chi connectivity index (χ0) is 12.0. The van der Waals surface area contributed by atoms with Crippen molar-refractivity contribution in [3.63, 3.8) is 0 Å². The highest BCUT2D eigenvalue weighted by molar-refractivity contribution is 7.61. The summed E-state index contributed by atoms with van der Waals surface area (Å²) in [5.74, 6) is -0.854. The summed E-state index contributed by atoms with van der Waals surface area (Å²) in [4.78, 5) is 11.1. The van der Waals surface area contributed by atoms with Crippen molar-refractivity contribution in [2.75, 3.05) is 0 Å². The number of nitrogens with one attached hydrogen (secondary N) is 1. The summed E-state index contributed by atoms with van der Waals surface area (Å²) < 4.78 is 24.0. The summed E-state index contributed by atoms with van der Waals surface area (Å²) in [6.45, 7) is 0. The van der Waals surface area contributed by atoms with Crippen LogP contribution < -0.4 is 5.48 Å². The first-order valence-electron chi connectivity index (χ1n) is 4.41. The van der Waals surface area contributed by atoms with Gasteiger partial charge in [-0.25, -0.2) is 5.48 Å². The molecule has 0 aliphatic rings. The fourth-order valence-corrected chi connectivity index (χ4v) is 1.57. The topological polar surface area (TPSA) is 95.8 Å². The van der Waals surface area contributed by atoms with Crippen LogP contribution in [0.4, 0.5) is 0 Å². The van der Waals surface area contributed by atoms with Crippen LogP contribution in [0.25, 0.3) is 0 Å². The molecule has 1 aromatic rings. The zero-order valence-electron chi connectivity index (χ0n) is 8.20. The molecule has 16 heavy (non-hydrogen) atoms. The van der Waals surface area contributed by atoms with Gasteiger partial charge >= 0.3 is 10.5 Å². The van der Waals surface area contributed by atoms with Crippen LogP contribution in [-0.2, 0) is 21.7 Å². The van der Waals surface area contributed by atoms with Crippen LogP contribution in [0.15, 0.2) is 34.7 Å². The second kappa shape index (κ2) is 5.99. The monoisotopic (exact) mass is 242 g/mol. The molecule has 2 N–H and O–H groups in total. The van der Waals surface area contributed by atoms with Crippen molar-refractivity contribution < 1.29 is 18.4 Å². The molecule has 0 spiro atoms. The summed E-state index contributed by atoms with van der Waals surface area (Å²) >= 11 is 0. The van der Waals surface area contributed by atoms with E-state index < -0.39 is 22.4 Å². The van der Waals surface area contributed by atoms with E-state index in [0.717, 1.165) is 5.56 Å². The number of hydrogen-bond acceptors (Lipinski definition) is 5. The lowest BCUT2D eigenvalue weighted by Crippen LogP contribution is -2.32. The minimum absolute atomic E-state index is 0.112. The van der Waals surface area contributed by atoms with E-state index in [9.17, 15) is 13.2 Å². The summed E-state index contributed by atoms with van der Waals surface area (Å²) in [5, 5.41) is 8.44. The third kappa shape index (κ3) is 3.79. The number of nitrogens with zero attached hydrogens (tertiary/aromatic N) is 1. The Morgan fingerprint density at radius 3 is 2.50 bits per heavy atom. The van der Waals surface area contributed by atoms with Crippen LogP contribution in [0.3, 0.4) is 0 Å². The molecule has 1 rings (SSSR count). The van der Waals surface area contributed by atoms with E-state index in [-0.39, 0.29) is 6.42 Å². The molecule has 86 valence electrons. The Balaban J connectivity index is 2.88. The third-order valence-corrected chi connectivity index (χ3v) is 2.32. The number of benzene rings is 1. The van der Waals surface area contributed by atoms with Gasteiger partial charge in [0.15, 0.2) is 6.04 Å². The molecule has 1 atom stereocenters. The van der Waals surface area contributed by atoms with Crippen LogP contribution in [0, 0.1) is 0 Å². The summed E-state index contributed by atoms with van der Waals surface area (Å²) in [6.07, 6.45) is 0.112. The first-order chi connectivity index (χ1) is 7.63. The SMILES string of the molecule is O=C(NO)[C@H](Cc1ccccc1)N=S(=O)=O. The van der Waals surface area contributed by atoms with Gasteiger partial charge in [-0.3, -0.25) is 10.0 Å². The Morgan fingerprint density at radius 1 is 1.38 bits per heavy atom. The van der Waals surface area contributed by atoms with Gasteiger partial charge in [0.25, 0.3) is 5.91 Å². The lowest BCUT2D eigenvalue weighted by molar-refractivity contribution is -0.130. The smallest absolute Gasteiger partial charge is 0.289 e. The molecule has 0 bridgehead atoms. The van der Waals surface area contributed by atoms with Gasteiger partial charge in [0, 0.05) is 6.42 Å². The number of carbonyl (C=O) groups is 1. The minimum Gasteiger partial charge on any atom is -0.289 e. The highest BCUT2D eigenvalue weighted by atomic mass is 32.2. The van der Waals surface area contributed by atoms with Gasteiger partial charge in [-0.05, 0) is 5.56 Å². The number of carbonyl (C=O) groups excluding carboxylic acids is 1. The zero-order valence-corrected chi connectivity index (χ0v) is 9.02. The maximum absolute atomic E-state index is 11.1. The van der Waals surface area contributed by atoms with Crippen molar-refractivity contribution >= 4 is 16.4 Å². The van der Waals surface area contributed by atoms with Crippen LogP contribution in [0.5, 0.6) is 0 Å². The second-order valence-corrected chi connectivity index (χ2v) is 3.65. The Hall–Kier alpha value is -1.73. The van der Waals surface area contributed by atoms with Crippen molar-refractivity contribution in [2.24, 2.45) is 4.36 Å². The molecule has 0 heterocycles. The van der Waals surface area contributed by atoms with Gasteiger partial charge in [0.1, 0.15) is 0 Å². The molecule has 0 aliphatic heterocycles. The molecule has 0 unspecified atom stereocenters. The Kier molecular flexibility index (Phi) is 4.62. The molecular weight excluding hydrogens is 232 g/mol. The molecule has 1 amide bonds. The van der Waals surface area contributed by atoms with Gasteiger partial charge < -0.3 is 0 Å². The quantitative estimate of drug-likeness (QED) is 0.581. The molecule has 0 aliphatic carbocycles. The maximum Gasteiger partial charge on any atom is 0.311 e. The van der Waals surface area contributed by atoms with E-state index >= 15 is 0 Å². The van der Waals surface area contributed by atoms with Crippen molar-refractivity contribution in [2.45, 2.75) is 12.5 Å². The van der Waals surface area contributed by atoms with E-state index in [4.69, 9.17) is 5.21 Å². The lowest BCUT2D eigenvalue weighted by atomic mass is 10.1. The molecule has 1 aromatic carbocycles.